The van der Waals surface area contributed by atoms with Gasteiger partial charge in [0.05, 0.1) is 0 Å². The number of carbonyl (C=O) groups excluding carboxylic acids is 1. The summed E-state index contributed by atoms with van der Waals surface area (Å²) in [6.45, 7) is 0. The quantitative estimate of drug-likeness (QED) is 0.415. The second-order valence-corrected chi connectivity index (χ2v) is 5.30. The van der Waals surface area contributed by atoms with Crippen molar-refractivity contribution in [2.24, 2.45) is 0 Å². The summed E-state index contributed by atoms with van der Waals surface area (Å²) < 4.78 is 0.976. The van der Waals surface area contributed by atoms with Crippen molar-refractivity contribution in [1.29, 1.82) is 0 Å². The topological polar surface area (TPSA) is 17.1 Å². The van der Waals surface area contributed by atoms with Crippen LogP contribution in [0.25, 0.3) is 0 Å². The number of hydrogen-bond donors (Lipinski definition) is 0. The Bertz CT molecular complexity index is 449. The number of ketones is 1. The molecule has 0 bridgehead atoms. The third-order valence-corrected chi connectivity index (χ3v) is 3.33. The van der Waals surface area contributed by atoms with Gasteiger partial charge in [0.15, 0.2) is 5.78 Å². The van der Waals surface area contributed by atoms with Gasteiger partial charge >= 0.3 is 17.1 Å². The van der Waals surface area contributed by atoms with E-state index in [2.05, 4.69) is 15.9 Å². The van der Waals surface area contributed by atoms with E-state index in [4.69, 9.17) is 0 Å². The monoisotopic (exact) mass is 394 g/mol. The molecule has 0 heterocycles. The first-order valence-electron chi connectivity index (χ1n) is 6.62. The zero-order valence-electron chi connectivity index (χ0n) is 11.8. The molecule has 10 radical (unpaired) electrons. The number of carbonyl (C=O) groups is 1. The van der Waals surface area contributed by atoms with Gasteiger partial charge < -0.3 is 0 Å². The molecule has 0 N–H and O–H groups in total. The fourth-order valence-corrected chi connectivity index (χ4v) is 1.97. The summed E-state index contributed by atoms with van der Waals surface area (Å²) in [7, 11) is 0. The van der Waals surface area contributed by atoms with E-state index in [0.717, 1.165) is 10.4 Å². The van der Waals surface area contributed by atoms with Crippen molar-refractivity contribution in [1.82, 2.24) is 0 Å². The molecule has 1 nitrogen and oxygen atoms in total. The van der Waals surface area contributed by atoms with E-state index in [1.165, 1.54) is 0 Å². The van der Waals surface area contributed by atoms with Gasteiger partial charge in [0, 0.05) is 16.0 Å². The van der Waals surface area contributed by atoms with E-state index in [-0.39, 0.29) is 22.9 Å². The second-order valence-electron chi connectivity index (χ2n) is 4.38. The van der Waals surface area contributed by atoms with Crippen LogP contribution in [0.1, 0.15) is 10.4 Å². The van der Waals surface area contributed by atoms with Crippen LogP contribution in [-0.4, -0.2) is 5.78 Å². The summed E-state index contributed by atoms with van der Waals surface area (Å²) in [5.74, 6) is 1.07. The largest absolute Gasteiger partial charge is 2.00 e. The van der Waals surface area contributed by atoms with Gasteiger partial charge in [-0.15, -0.1) is 0 Å². The first kappa shape index (κ1) is 19.7. The summed E-state index contributed by atoms with van der Waals surface area (Å²) >= 11 is 3.34. The van der Waals surface area contributed by atoms with E-state index in [1.54, 1.807) is 6.08 Å². The molecule has 1 aromatic carbocycles. The van der Waals surface area contributed by atoms with E-state index < -0.39 is 0 Å². The first-order chi connectivity index (χ1) is 10.3. The first-order valence-corrected chi connectivity index (χ1v) is 7.41. The van der Waals surface area contributed by atoms with Crippen LogP contribution in [0.4, 0.5) is 0 Å². The zero-order chi connectivity index (χ0) is 14.9. The minimum absolute atomic E-state index is 0. The third-order valence-electron chi connectivity index (χ3n) is 2.80. The third kappa shape index (κ3) is 7.26. The average Bonchev–Trinajstić information content (AvgIpc) is 3.21. The van der Waals surface area contributed by atoms with Crippen molar-refractivity contribution < 1.29 is 21.9 Å². The fraction of sp³-hybridized carbons (Fsp3) is 0. The Labute approximate surface area is 153 Å². The van der Waals surface area contributed by atoms with Crippen LogP contribution >= 0.6 is 15.9 Å². The van der Waals surface area contributed by atoms with Crippen LogP contribution in [-0.2, 0) is 17.1 Å². The molecule has 0 atom stereocenters. The van der Waals surface area contributed by atoms with E-state index in [1.807, 2.05) is 88.1 Å². The average molecular weight is 395 g/mol. The van der Waals surface area contributed by atoms with Crippen molar-refractivity contribution in [2.75, 3.05) is 0 Å². The van der Waals surface area contributed by atoms with Gasteiger partial charge in [-0.2, -0.15) is 0 Å². The number of halogens is 1. The molecule has 110 valence electrons. The van der Waals surface area contributed by atoms with Crippen molar-refractivity contribution in [3.8, 4) is 0 Å². The molecule has 3 rings (SSSR count). The Kier molecular flexibility index (Phi) is 10.0. The summed E-state index contributed by atoms with van der Waals surface area (Å²) in [6.07, 6.45) is 21.2. The van der Waals surface area contributed by atoms with Crippen LogP contribution in [0.5, 0.6) is 0 Å². The van der Waals surface area contributed by atoms with Crippen molar-refractivity contribution in [2.45, 2.75) is 0 Å². The van der Waals surface area contributed by atoms with E-state index in [0.29, 0.717) is 5.56 Å². The van der Waals surface area contributed by atoms with Crippen LogP contribution in [0.2, 0.25) is 0 Å². The van der Waals surface area contributed by atoms with Gasteiger partial charge in [0.2, 0.25) is 0 Å². The van der Waals surface area contributed by atoms with Crippen molar-refractivity contribution in [3.05, 3.63) is 110 Å². The molecule has 2 aliphatic rings. The fourth-order valence-electron chi connectivity index (χ4n) is 1.70. The summed E-state index contributed by atoms with van der Waals surface area (Å²) in [4.78, 5) is 11.7. The molecule has 22 heavy (non-hydrogen) atoms. The maximum absolute atomic E-state index is 11.7. The Balaban J connectivity index is 0.000000344. The molecule has 0 unspecified atom stereocenters. The number of hydrogen-bond acceptors (Lipinski definition) is 1. The second kappa shape index (κ2) is 11.2. The van der Waals surface area contributed by atoms with Gasteiger partial charge in [-0.25, -0.2) is 0 Å². The van der Waals surface area contributed by atoms with Crippen molar-refractivity contribution in [3.63, 3.8) is 0 Å². The molecule has 2 aliphatic carbocycles. The van der Waals surface area contributed by atoms with Gasteiger partial charge in [-0.1, -0.05) is 22.0 Å². The maximum Gasteiger partial charge on any atom is 2.00 e. The standard InChI is InChI=1S/C14H10BrO.C5H5.Fe/c15-13-8-6-12(7-9-13)14(16)10-5-11-3-1-2-4-11;1-2-4-5-3-1;/h1-10H;1-5H;/q;;+2/b10-5+;;. The summed E-state index contributed by atoms with van der Waals surface area (Å²) in [5.41, 5.74) is 0.700. The smallest absolute Gasteiger partial charge is 0.289 e. The Morgan fingerprint density at radius 1 is 0.818 bits per heavy atom. The molecule has 0 saturated heterocycles. The molecule has 2 fully saturated rings. The SMILES string of the molecule is O=C(/C=C/[C]1[CH][CH][CH][CH]1)c1ccc(Br)cc1.[CH]1[CH][CH][CH][CH]1.[Fe+2]. The van der Waals surface area contributed by atoms with Crippen LogP contribution in [0.15, 0.2) is 40.9 Å². The minimum Gasteiger partial charge on any atom is -0.289 e. The molecular formula is C19H15BrFeO+2. The molecule has 1 aromatic rings. The zero-order valence-corrected chi connectivity index (χ0v) is 14.5. The predicted octanol–water partition coefficient (Wildman–Crippen LogP) is 4.61. The van der Waals surface area contributed by atoms with E-state index in [9.17, 15) is 4.79 Å². The maximum atomic E-state index is 11.7. The molecule has 2 saturated carbocycles. The molecule has 0 amide bonds. The summed E-state index contributed by atoms with van der Waals surface area (Å²) in [5, 5.41) is 0. The predicted molar refractivity (Wildman–Crippen MR) is 89.6 cm³/mol. The van der Waals surface area contributed by atoms with Gasteiger partial charge in [0.25, 0.3) is 0 Å². The normalized spacial score (nSPS) is 17.9. The summed E-state index contributed by atoms with van der Waals surface area (Å²) in [6, 6.07) is 7.34. The van der Waals surface area contributed by atoms with Crippen LogP contribution < -0.4 is 0 Å². The molecular weight excluding hydrogens is 380 g/mol. The molecule has 0 aliphatic heterocycles. The van der Waals surface area contributed by atoms with Crippen LogP contribution in [0, 0.1) is 63.7 Å². The Morgan fingerprint density at radius 3 is 1.82 bits per heavy atom. The number of rotatable bonds is 3. The van der Waals surface area contributed by atoms with Crippen LogP contribution in [0.3, 0.4) is 0 Å². The van der Waals surface area contributed by atoms with Gasteiger partial charge in [-0.3, -0.25) is 4.79 Å². The number of benzene rings is 1. The molecule has 3 heteroatoms. The minimum atomic E-state index is 0. The van der Waals surface area contributed by atoms with Gasteiger partial charge in [0.1, 0.15) is 0 Å². The Morgan fingerprint density at radius 2 is 1.32 bits per heavy atom. The molecule has 0 spiro atoms. The Hall–Kier alpha value is -0.371. The van der Waals surface area contributed by atoms with Crippen molar-refractivity contribution >= 4 is 21.7 Å². The van der Waals surface area contributed by atoms with Gasteiger partial charge in [-0.05, 0) is 88.1 Å². The number of allylic oxidation sites excluding steroid dienone is 2. The molecule has 0 aromatic heterocycles. The van der Waals surface area contributed by atoms with E-state index >= 15 is 0 Å².